The summed E-state index contributed by atoms with van der Waals surface area (Å²) < 4.78 is 36.7. The van der Waals surface area contributed by atoms with Gasteiger partial charge >= 0.3 is 5.97 Å². The molecule has 1 aliphatic heterocycles. The summed E-state index contributed by atoms with van der Waals surface area (Å²) in [6.45, 7) is 4.00. The topological polar surface area (TPSA) is 134 Å². The molecule has 1 aliphatic rings. The lowest BCUT2D eigenvalue weighted by Crippen LogP contribution is -2.47. The van der Waals surface area contributed by atoms with Crippen molar-refractivity contribution in [3.05, 3.63) is 64.4 Å². The van der Waals surface area contributed by atoms with Gasteiger partial charge in [0.15, 0.2) is 16.6 Å². The Kier molecular flexibility index (Phi) is 9.46. The number of rotatable bonds is 12. The Morgan fingerprint density at radius 3 is 2.77 bits per heavy atom. The zero-order chi connectivity index (χ0) is 27.8. The molecule has 1 aromatic heterocycles. The predicted octanol–water partition coefficient (Wildman–Crippen LogP) is 3.60. The highest BCUT2D eigenvalue weighted by Crippen LogP contribution is 2.41. The molecular formula is C27H31FN4O6S. The van der Waals surface area contributed by atoms with E-state index in [-0.39, 0.29) is 30.2 Å². The summed E-state index contributed by atoms with van der Waals surface area (Å²) in [6, 6.07) is 7.57. The number of fused-ring (bicyclic) bond motifs is 1. The van der Waals surface area contributed by atoms with Crippen molar-refractivity contribution in [2.75, 3.05) is 45.3 Å². The van der Waals surface area contributed by atoms with Crippen LogP contribution in [0.1, 0.15) is 34.8 Å². The molecule has 3 aromatic rings. The van der Waals surface area contributed by atoms with Crippen molar-refractivity contribution in [3.63, 3.8) is 0 Å². The molecule has 0 saturated heterocycles. The summed E-state index contributed by atoms with van der Waals surface area (Å²) in [5.74, 6) is -0.816. The van der Waals surface area contributed by atoms with E-state index < -0.39 is 17.3 Å². The lowest BCUT2D eigenvalue weighted by Gasteiger charge is -2.37. The Morgan fingerprint density at radius 2 is 2.05 bits per heavy atom. The van der Waals surface area contributed by atoms with E-state index in [1.807, 2.05) is 13.0 Å². The molecule has 208 valence electrons. The number of carbonyl (C=O) groups is 2. The molecule has 0 unspecified atom stereocenters. The highest BCUT2D eigenvalue weighted by atomic mass is 32.1. The average molecular weight is 559 g/mol. The first kappa shape index (κ1) is 28.4. The molecule has 0 spiro atoms. The normalized spacial score (nSPS) is 16.3. The Morgan fingerprint density at radius 1 is 1.21 bits per heavy atom. The lowest BCUT2D eigenvalue weighted by atomic mass is 9.81. The van der Waals surface area contributed by atoms with Gasteiger partial charge < -0.3 is 35.3 Å². The zero-order valence-corrected chi connectivity index (χ0v) is 22.6. The molecule has 0 saturated carbocycles. The van der Waals surface area contributed by atoms with Gasteiger partial charge in [-0.3, -0.25) is 4.79 Å². The molecule has 12 heteroatoms. The van der Waals surface area contributed by atoms with Crippen LogP contribution in [0.4, 0.5) is 9.52 Å². The Labute approximate surface area is 229 Å². The van der Waals surface area contributed by atoms with Gasteiger partial charge in [0.05, 0.1) is 25.9 Å². The van der Waals surface area contributed by atoms with Crippen molar-refractivity contribution in [2.24, 2.45) is 5.73 Å². The number of hydrogen-bond donors (Lipinski definition) is 3. The van der Waals surface area contributed by atoms with Crippen LogP contribution in [-0.4, -0.2) is 56.9 Å². The molecular weight excluding hydrogens is 527 g/mol. The van der Waals surface area contributed by atoms with E-state index in [1.54, 1.807) is 17.6 Å². The van der Waals surface area contributed by atoms with Gasteiger partial charge in [-0.2, -0.15) is 0 Å². The maximum absolute atomic E-state index is 14.6. The second-order valence-electron chi connectivity index (χ2n) is 9.01. The van der Waals surface area contributed by atoms with Gasteiger partial charge in [-0.15, -0.1) is 11.3 Å². The first-order valence-corrected chi connectivity index (χ1v) is 13.3. The highest BCUT2D eigenvalue weighted by molar-refractivity contribution is 7.13. The molecule has 1 atom stereocenters. The van der Waals surface area contributed by atoms with E-state index >= 15 is 0 Å². The van der Waals surface area contributed by atoms with Gasteiger partial charge in [-0.25, -0.2) is 14.2 Å². The van der Waals surface area contributed by atoms with E-state index in [0.29, 0.717) is 49.4 Å². The van der Waals surface area contributed by atoms with Crippen LogP contribution in [-0.2, 0) is 26.2 Å². The first-order chi connectivity index (χ1) is 18.8. The third-order valence-electron chi connectivity index (χ3n) is 6.19. The van der Waals surface area contributed by atoms with Crippen LogP contribution in [0.3, 0.4) is 0 Å². The summed E-state index contributed by atoms with van der Waals surface area (Å²) in [7, 11) is 1.18. The second-order valence-corrected chi connectivity index (χ2v) is 9.91. The molecule has 10 nitrogen and oxygen atoms in total. The number of benzene rings is 2. The largest absolute Gasteiger partial charge is 0.487 e. The summed E-state index contributed by atoms with van der Waals surface area (Å²) in [4.78, 5) is 28.8. The SMILES string of the molecule is COC(=O)c1ccc(Oc2cc3c(cc2OCCOCCN)CCN[C@]3(C)CC(=O)Nc2nccs2)cc1F. The maximum Gasteiger partial charge on any atom is 0.340 e. The molecule has 39 heavy (non-hydrogen) atoms. The van der Waals surface area contributed by atoms with Gasteiger partial charge in [0.1, 0.15) is 18.2 Å². The number of aromatic nitrogens is 1. The number of anilines is 1. The molecule has 0 fully saturated rings. The first-order valence-electron chi connectivity index (χ1n) is 12.4. The van der Waals surface area contributed by atoms with Gasteiger partial charge in [0.2, 0.25) is 5.91 Å². The number of hydrogen-bond acceptors (Lipinski definition) is 10. The average Bonchev–Trinajstić information content (AvgIpc) is 3.41. The fourth-order valence-electron chi connectivity index (χ4n) is 4.37. The lowest BCUT2D eigenvalue weighted by molar-refractivity contribution is -0.117. The van der Waals surface area contributed by atoms with Crippen LogP contribution < -0.4 is 25.8 Å². The van der Waals surface area contributed by atoms with Gasteiger partial charge in [0.25, 0.3) is 0 Å². The van der Waals surface area contributed by atoms with Gasteiger partial charge in [0, 0.05) is 42.7 Å². The number of thiazole rings is 1. The molecule has 4 N–H and O–H groups in total. The summed E-state index contributed by atoms with van der Waals surface area (Å²) in [6.07, 6.45) is 2.49. The van der Waals surface area contributed by atoms with Crippen LogP contribution in [0.25, 0.3) is 0 Å². The van der Waals surface area contributed by atoms with Crippen LogP contribution >= 0.6 is 11.3 Å². The number of nitrogens with zero attached hydrogens (tertiary/aromatic N) is 1. The minimum Gasteiger partial charge on any atom is -0.487 e. The molecule has 2 aromatic carbocycles. The number of nitrogens with two attached hydrogens (primary N) is 1. The highest BCUT2D eigenvalue weighted by Gasteiger charge is 2.35. The van der Waals surface area contributed by atoms with Gasteiger partial charge in [-0.05, 0) is 48.7 Å². The summed E-state index contributed by atoms with van der Waals surface area (Å²) in [5, 5.41) is 8.61. The molecule has 0 bridgehead atoms. The van der Waals surface area contributed by atoms with E-state index in [0.717, 1.165) is 17.2 Å². The van der Waals surface area contributed by atoms with Crippen molar-refractivity contribution in [3.8, 4) is 17.2 Å². The fraction of sp³-hybridized carbons (Fsp3) is 0.370. The van der Waals surface area contributed by atoms with Crippen LogP contribution in [0, 0.1) is 5.82 Å². The smallest absolute Gasteiger partial charge is 0.340 e. The number of ether oxygens (including phenoxy) is 4. The minimum absolute atomic E-state index is 0.147. The van der Waals surface area contributed by atoms with E-state index in [2.05, 4.69) is 20.4 Å². The number of amides is 1. The van der Waals surface area contributed by atoms with Crippen LogP contribution in [0.15, 0.2) is 41.9 Å². The number of methoxy groups -OCH3 is 1. The fourth-order valence-corrected chi connectivity index (χ4v) is 4.91. The van der Waals surface area contributed by atoms with Gasteiger partial charge in [-0.1, -0.05) is 0 Å². The number of halogens is 1. The Hall–Kier alpha value is -3.58. The van der Waals surface area contributed by atoms with Crippen molar-refractivity contribution >= 4 is 28.3 Å². The monoisotopic (exact) mass is 558 g/mol. The molecule has 4 rings (SSSR count). The van der Waals surface area contributed by atoms with E-state index in [4.69, 9.17) is 19.9 Å². The quantitative estimate of drug-likeness (QED) is 0.225. The number of carbonyl (C=O) groups excluding carboxylic acids is 2. The standard InChI is InChI=1S/C27H31FN4O6S/c1-27(16-24(33)32-26-30-8-12-39-26)20-15-23(38-18-3-4-19(21(28)14-18)25(34)35-2)22(13-17(20)5-7-31-27)37-11-10-36-9-6-29/h3-4,8,12-15,31H,5-7,9-11,16,29H2,1-2H3,(H,30,32,33)/t27-/m1/s1. The minimum atomic E-state index is -0.785. The molecule has 0 aliphatic carbocycles. The number of esters is 1. The Balaban J connectivity index is 1.63. The third kappa shape index (κ3) is 7.09. The Bertz CT molecular complexity index is 1310. The van der Waals surface area contributed by atoms with Crippen molar-refractivity contribution < 1.29 is 32.9 Å². The second kappa shape index (κ2) is 13.0. The maximum atomic E-state index is 14.6. The zero-order valence-electron chi connectivity index (χ0n) is 21.8. The van der Waals surface area contributed by atoms with Crippen molar-refractivity contribution in [1.82, 2.24) is 10.3 Å². The molecule has 0 radical (unpaired) electrons. The van der Waals surface area contributed by atoms with Crippen LogP contribution in [0.2, 0.25) is 0 Å². The van der Waals surface area contributed by atoms with Crippen molar-refractivity contribution in [2.45, 2.75) is 25.3 Å². The van der Waals surface area contributed by atoms with E-state index in [9.17, 15) is 14.0 Å². The van der Waals surface area contributed by atoms with Crippen molar-refractivity contribution in [1.29, 1.82) is 0 Å². The summed E-state index contributed by atoms with van der Waals surface area (Å²) in [5.41, 5.74) is 6.41. The predicted molar refractivity (Wildman–Crippen MR) is 144 cm³/mol. The molecule has 1 amide bonds. The molecule has 2 heterocycles. The summed E-state index contributed by atoms with van der Waals surface area (Å²) >= 11 is 1.34. The number of nitrogens with one attached hydrogen (secondary N) is 2. The van der Waals surface area contributed by atoms with E-state index in [1.165, 1.54) is 30.6 Å². The third-order valence-corrected chi connectivity index (χ3v) is 6.88. The van der Waals surface area contributed by atoms with Crippen LogP contribution in [0.5, 0.6) is 17.2 Å².